The maximum absolute atomic E-state index is 12.7. The van der Waals surface area contributed by atoms with Gasteiger partial charge in [-0.2, -0.15) is 5.26 Å². The number of carbonyl (C=O) groups is 1. The van der Waals surface area contributed by atoms with E-state index in [-0.39, 0.29) is 17.5 Å². The molecule has 5 nitrogen and oxygen atoms in total. The molecule has 0 aliphatic heterocycles. The van der Waals surface area contributed by atoms with E-state index in [0.29, 0.717) is 23.0 Å². The molecule has 0 aliphatic rings. The molecule has 0 radical (unpaired) electrons. The lowest BCUT2D eigenvalue weighted by atomic mass is 10.2. The van der Waals surface area contributed by atoms with Crippen molar-refractivity contribution in [3.63, 3.8) is 0 Å². The fourth-order valence-corrected chi connectivity index (χ4v) is 3.55. The molecule has 0 fully saturated rings. The predicted molar refractivity (Wildman–Crippen MR) is 112 cm³/mol. The summed E-state index contributed by atoms with van der Waals surface area (Å²) >= 11 is 7.47. The van der Waals surface area contributed by atoms with Crippen molar-refractivity contribution in [2.75, 3.05) is 18.1 Å². The summed E-state index contributed by atoms with van der Waals surface area (Å²) in [5.41, 5.74) is 2.21. The number of hydrogen-bond donors (Lipinski definition) is 0. The van der Waals surface area contributed by atoms with Crippen LogP contribution in [0.1, 0.15) is 5.56 Å². The van der Waals surface area contributed by atoms with Gasteiger partial charge in [0.15, 0.2) is 11.7 Å². The molecule has 0 N–H and O–H groups in total. The van der Waals surface area contributed by atoms with Gasteiger partial charge >= 0.3 is 0 Å². The van der Waals surface area contributed by atoms with Crippen LogP contribution >= 0.6 is 22.9 Å². The Morgan fingerprint density at radius 3 is 2.79 bits per heavy atom. The van der Waals surface area contributed by atoms with Crippen molar-refractivity contribution < 1.29 is 9.53 Å². The molecule has 28 heavy (non-hydrogen) atoms. The number of halogens is 1. The molecule has 0 aliphatic carbocycles. The minimum Gasteiger partial charge on any atom is -0.482 e. The molecular formula is C21H16ClN3O2S. The van der Waals surface area contributed by atoms with E-state index in [2.05, 4.69) is 11.6 Å². The number of benzene rings is 2. The van der Waals surface area contributed by atoms with E-state index in [1.54, 1.807) is 18.2 Å². The molecule has 3 rings (SSSR count). The summed E-state index contributed by atoms with van der Waals surface area (Å²) in [4.78, 5) is 18.8. The monoisotopic (exact) mass is 409 g/mol. The number of hydrogen-bond acceptors (Lipinski definition) is 5. The quantitative estimate of drug-likeness (QED) is 0.519. The van der Waals surface area contributed by atoms with Crippen molar-refractivity contribution in [3.05, 3.63) is 77.2 Å². The van der Waals surface area contributed by atoms with Crippen LogP contribution in [-0.4, -0.2) is 24.0 Å². The zero-order valence-electron chi connectivity index (χ0n) is 14.8. The van der Waals surface area contributed by atoms with Crippen LogP contribution < -0.4 is 9.64 Å². The first-order valence-electron chi connectivity index (χ1n) is 8.37. The van der Waals surface area contributed by atoms with E-state index in [4.69, 9.17) is 21.6 Å². The average molecular weight is 410 g/mol. The number of ether oxygens (including phenoxy) is 1. The van der Waals surface area contributed by atoms with Crippen molar-refractivity contribution >= 4 is 34.0 Å². The van der Waals surface area contributed by atoms with E-state index in [0.717, 1.165) is 11.3 Å². The van der Waals surface area contributed by atoms with Gasteiger partial charge in [0.05, 0.1) is 22.3 Å². The number of amides is 1. The summed E-state index contributed by atoms with van der Waals surface area (Å²) < 4.78 is 5.55. The zero-order chi connectivity index (χ0) is 19.9. The summed E-state index contributed by atoms with van der Waals surface area (Å²) in [5.74, 6) is 0.0750. The molecule has 1 heterocycles. The lowest BCUT2D eigenvalue weighted by molar-refractivity contribution is -0.120. The SMILES string of the molecule is C=CCN(C(=O)COc1ccc(C#N)cc1Cl)c1nc(-c2ccccc2)cs1. The Balaban J connectivity index is 1.73. The molecule has 0 unspecified atom stereocenters. The van der Waals surface area contributed by atoms with Crippen LogP contribution in [0, 0.1) is 11.3 Å². The molecule has 0 atom stereocenters. The second-order valence-corrected chi connectivity index (χ2v) is 6.96. The second kappa shape index (κ2) is 9.18. The van der Waals surface area contributed by atoms with E-state index in [1.807, 2.05) is 41.8 Å². The van der Waals surface area contributed by atoms with E-state index in [9.17, 15) is 4.79 Å². The maximum atomic E-state index is 12.7. The fourth-order valence-electron chi connectivity index (χ4n) is 2.45. The van der Waals surface area contributed by atoms with Crippen LogP contribution in [0.4, 0.5) is 5.13 Å². The molecule has 1 amide bonds. The molecule has 1 aromatic heterocycles. The summed E-state index contributed by atoms with van der Waals surface area (Å²) in [6.07, 6.45) is 1.64. The van der Waals surface area contributed by atoms with Crippen LogP contribution in [-0.2, 0) is 4.79 Å². The molecular weight excluding hydrogens is 394 g/mol. The number of thiazole rings is 1. The summed E-state index contributed by atoms with van der Waals surface area (Å²) in [6, 6.07) is 16.4. The molecule has 3 aromatic rings. The molecule has 0 saturated heterocycles. The van der Waals surface area contributed by atoms with Crippen molar-refractivity contribution in [2.45, 2.75) is 0 Å². The third-order valence-electron chi connectivity index (χ3n) is 3.82. The number of rotatable bonds is 7. The summed E-state index contributed by atoms with van der Waals surface area (Å²) in [7, 11) is 0. The highest BCUT2D eigenvalue weighted by Gasteiger charge is 2.19. The van der Waals surface area contributed by atoms with E-state index in [1.165, 1.54) is 22.3 Å². The Kier molecular flexibility index (Phi) is 6.43. The van der Waals surface area contributed by atoms with Crippen LogP contribution in [0.5, 0.6) is 5.75 Å². The van der Waals surface area contributed by atoms with Crippen molar-refractivity contribution in [2.24, 2.45) is 0 Å². The molecule has 7 heteroatoms. The Hall–Kier alpha value is -3.14. The molecule has 2 aromatic carbocycles. The first-order valence-corrected chi connectivity index (χ1v) is 9.63. The van der Waals surface area contributed by atoms with Crippen LogP contribution in [0.25, 0.3) is 11.3 Å². The maximum Gasteiger partial charge on any atom is 0.266 e. The first-order chi connectivity index (χ1) is 13.6. The third-order valence-corrected chi connectivity index (χ3v) is 4.98. The zero-order valence-corrected chi connectivity index (χ0v) is 16.4. The molecule has 0 bridgehead atoms. The third kappa shape index (κ3) is 4.58. The number of nitrogens with zero attached hydrogens (tertiary/aromatic N) is 3. The Morgan fingerprint density at radius 2 is 2.11 bits per heavy atom. The van der Waals surface area contributed by atoms with Crippen molar-refractivity contribution in [1.29, 1.82) is 5.26 Å². The number of aromatic nitrogens is 1. The molecule has 140 valence electrons. The fraction of sp³-hybridized carbons (Fsp3) is 0.0952. The Morgan fingerprint density at radius 1 is 1.32 bits per heavy atom. The van der Waals surface area contributed by atoms with Gasteiger partial charge in [0, 0.05) is 17.5 Å². The largest absolute Gasteiger partial charge is 0.482 e. The van der Waals surface area contributed by atoms with Crippen LogP contribution in [0.3, 0.4) is 0 Å². The Bertz CT molecular complexity index is 1030. The van der Waals surface area contributed by atoms with Gasteiger partial charge in [-0.1, -0.05) is 48.0 Å². The number of nitriles is 1. The lowest BCUT2D eigenvalue weighted by Crippen LogP contribution is -2.35. The first kappa shape index (κ1) is 19.6. The minimum atomic E-state index is -0.269. The highest BCUT2D eigenvalue weighted by Crippen LogP contribution is 2.28. The van der Waals surface area contributed by atoms with Gasteiger partial charge in [0.25, 0.3) is 5.91 Å². The van der Waals surface area contributed by atoms with Gasteiger partial charge in [-0.05, 0) is 18.2 Å². The predicted octanol–water partition coefficient (Wildman–Crippen LogP) is 4.93. The average Bonchev–Trinajstić information content (AvgIpc) is 3.21. The van der Waals surface area contributed by atoms with E-state index >= 15 is 0 Å². The highest BCUT2D eigenvalue weighted by atomic mass is 35.5. The van der Waals surface area contributed by atoms with Gasteiger partial charge in [-0.15, -0.1) is 17.9 Å². The number of anilines is 1. The number of carbonyl (C=O) groups excluding carboxylic acids is 1. The summed E-state index contributed by atoms with van der Waals surface area (Å²) in [5, 5.41) is 11.6. The van der Waals surface area contributed by atoms with E-state index < -0.39 is 0 Å². The van der Waals surface area contributed by atoms with Gasteiger partial charge in [0.1, 0.15) is 5.75 Å². The standard InChI is InChI=1S/C21H16ClN3O2S/c1-2-10-25(21-24-18(14-28-21)16-6-4-3-5-7-16)20(26)13-27-19-9-8-15(12-23)11-17(19)22/h2-9,11,14H,1,10,13H2. The van der Waals surface area contributed by atoms with Gasteiger partial charge in [-0.25, -0.2) is 4.98 Å². The molecule has 0 spiro atoms. The highest BCUT2D eigenvalue weighted by molar-refractivity contribution is 7.14. The van der Waals surface area contributed by atoms with Gasteiger partial charge < -0.3 is 4.74 Å². The topological polar surface area (TPSA) is 66.2 Å². The molecule has 0 saturated carbocycles. The van der Waals surface area contributed by atoms with Crippen LogP contribution in [0.2, 0.25) is 5.02 Å². The van der Waals surface area contributed by atoms with Crippen LogP contribution in [0.15, 0.2) is 66.6 Å². The Labute approximate surface area is 172 Å². The van der Waals surface area contributed by atoms with Crippen molar-refractivity contribution in [3.8, 4) is 23.1 Å². The van der Waals surface area contributed by atoms with Gasteiger partial charge in [-0.3, -0.25) is 9.69 Å². The summed E-state index contributed by atoms with van der Waals surface area (Å²) in [6.45, 7) is 3.82. The normalized spacial score (nSPS) is 10.1. The minimum absolute atomic E-state index is 0.209. The van der Waals surface area contributed by atoms with Gasteiger partial charge in [0.2, 0.25) is 0 Å². The second-order valence-electron chi connectivity index (χ2n) is 5.72. The smallest absolute Gasteiger partial charge is 0.266 e. The van der Waals surface area contributed by atoms with Crippen molar-refractivity contribution in [1.82, 2.24) is 4.98 Å². The lowest BCUT2D eigenvalue weighted by Gasteiger charge is -2.18.